The lowest BCUT2D eigenvalue weighted by atomic mass is 10.3. The summed E-state index contributed by atoms with van der Waals surface area (Å²) in [7, 11) is 0. The predicted octanol–water partition coefficient (Wildman–Crippen LogP) is 1.70. The molecule has 0 bridgehead atoms. The Morgan fingerprint density at radius 1 is 1.20 bits per heavy atom. The number of aromatic nitrogens is 3. The number of nitrogens with zero attached hydrogens (tertiary/aromatic N) is 4. The highest BCUT2D eigenvalue weighted by molar-refractivity contribution is 5.76. The van der Waals surface area contributed by atoms with Crippen molar-refractivity contribution in [1.82, 2.24) is 19.9 Å². The van der Waals surface area contributed by atoms with Crippen molar-refractivity contribution in [3.8, 4) is 0 Å². The molecule has 1 N–H and O–H groups in total. The van der Waals surface area contributed by atoms with Gasteiger partial charge in [0, 0.05) is 38.4 Å². The van der Waals surface area contributed by atoms with Crippen molar-refractivity contribution in [1.29, 1.82) is 0 Å². The fraction of sp³-hybridized carbons (Fsp3) is 0.429. The van der Waals surface area contributed by atoms with Gasteiger partial charge in [-0.3, -0.25) is 9.78 Å². The molecule has 0 aromatic carbocycles. The SMILES string of the molecule is CCN(CC)C(=O)CCNc1ccc2nccnc2n1. The van der Waals surface area contributed by atoms with Gasteiger partial charge >= 0.3 is 0 Å². The molecule has 1 amide bonds. The van der Waals surface area contributed by atoms with E-state index in [1.807, 2.05) is 30.9 Å². The summed E-state index contributed by atoms with van der Waals surface area (Å²) in [6.07, 6.45) is 3.71. The number of pyridine rings is 1. The summed E-state index contributed by atoms with van der Waals surface area (Å²) in [5.74, 6) is 0.869. The predicted molar refractivity (Wildman–Crippen MR) is 78.4 cm³/mol. The first kappa shape index (κ1) is 14.2. The van der Waals surface area contributed by atoms with E-state index in [4.69, 9.17) is 0 Å². The van der Waals surface area contributed by atoms with Gasteiger partial charge in [-0.25, -0.2) is 9.97 Å². The van der Waals surface area contributed by atoms with Crippen molar-refractivity contribution in [3.63, 3.8) is 0 Å². The van der Waals surface area contributed by atoms with E-state index in [1.165, 1.54) is 0 Å². The Bertz CT molecular complexity index is 583. The van der Waals surface area contributed by atoms with Gasteiger partial charge in [-0.2, -0.15) is 0 Å². The van der Waals surface area contributed by atoms with Crippen molar-refractivity contribution in [3.05, 3.63) is 24.5 Å². The highest BCUT2D eigenvalue weighted by Gasteiger charge is 2.08. The zero-order chi connectivity index (χ0) is 14.4. The van der Waals surface area contributed by atoms with Crippen LogP contribution in [0.25, 0.3) is 11.2 Å². The lowest BCUT2D eigenvalue weighted by molar-refractivity contribution is -0.130. The zero-order valence-electron chi connectivity index (χ0n) is 11.8. The monoisotopic (exact) mass is 273 g/mol. The van der Waals surface area contributed by atoms with Gasteiger partial charge < -0.3 is 10.2 Å². The van der Waals surface area contributed by atoms with Crippen molar-refractivity contribution in [2.24, 2.45) is 0 Å². The third-order valence-corrected chi connectivity index (χ3v) is 3.09. The number of amides is 1. The summed E-state index contributed by atoms with van der Waals surface area (Å²) in [5.41, 5.74) is 1.37. The van der Waals surface area contributed by atoms with Crippen molar-refractivity contribution in [2.45, 2.75) is 20.3 Å². The number of carbonyl (C=O) groups is 1. The second-order valence-electron chi connectivity index (χ2n) is 4.34. The maximum absolute atomic E-state index is 11.9. The van der Waals surface area contributed by atoms with E-state index in [-0.39, 0.29) is 5.91 Å². The normalized spacial score (nSPS) is 10.5. The van der Waals surface area contributed by atoms with Crippen LogP contribution in [-0.4, -0.2) is 45.4 Å². The minimum Gasteiger partial charge on any atom is -0.369 e. The van der Waals surface area contributed by atoms with E-state index in [1.54, 1.807) is 12.4 Å². The van der Waals surface area contributed by atoms with Crippen LogP contribution in [0.5, 0.6) is 0 Å². The highest BCUT2D eigenvalue weighted by atomic mass is 16.2. The van der Waals surface area contributed by atoms with Crippen LogP contribution in [0.1, 0.15) is 20.3 Å². The molecule has 0 atom stereocenters. The van der Waals surface area contributed by atoms with Crippen LogP contribution in [0.15, 0.2) is 24.5 Å². The van der Waals surface area contributed by atoms with Gasteiger partial charge in [0.05, 0.1) is 0 Å². The molecule has 2 rings (SSSR count). The minimum absolute atomic E-state index is 0.156. The van der Waals surface area contributed by atoms with Crippen LogP contribution >= 0.6 is 0 Å². The van der Waals surface area contributed by atoms with Crippen LogP contribution in [0.2, 0.25) is 0 Å². The number of hydrogen-bond acceptors (Lipinski definition) is 5. The molecule has 0 spiro atoms. The average molecular weight is 273 g/mol. The fourth-order valence-electron chi connectivity index (χ4n) is 1.98. The molecule has 106 valence electrons. The van der Waals surface area contributed by atoms with E-state index < -0.39 is 0 Å². The molecule has 2 aromatic rings. The van der Waals surface area contributed by atoms with E-state index >= 15 is 0 Å². The molecule has 2 heterocycles. The van der Waals surface area contributed by atoms with Gasteiger partial charge in [-0.05, 0) is 26.0 Å². The molecule has 0 fully saturated rings. The quantitative estimate of drug-likeness (QED) is 0.867. The molecule has 0 saturated heterocycles. The molecule has 0 aliphatic rings. The van der Waals surface area contributed by atoms with E-state index in [0.717, 1.165) is 18.6 Å². The average Bonchev–Trinajstić information content (AvgIpc) is 2.48. The maximum atomic E-state index is 11.9. The molecule has 6 nitrogen and oxygen atoms in total. The van der Waals surface area contributed by atoms with Crippen LogP contribution in [0.4, 0.5) is 5.82 Å². The summed E-state index contributed by atoms with van der Waals surface area (Å²) in [4.78, 5) is 26.3. The first-order valence-electron chi connectivity index (χ1n) is 6.84. The Kier molecular flexibility index (Phi) is 4.81. The van der Waals surface area contributed by atoms with Gasteiger partial charge in [0.1, 0.15) is 11.3 Å². The first-order valence-corrected chi connectivity index (χ1v) is 6.84. The smallest absolute Gasteiger partial charge is 0.224 e. The Balaban J connectivity index is 1.91. The summed E-state index contributed by atoms with van der Waals surface area (Å²) in [5, 5.41) is 3.14. The Labute approximate surface area is 118 Å². The van der Waals surface area contributed by atoms with Crippen LogP contribution < -0.4 is 5.32 Å². The number of carbonyl (C=O) groups excluding carboxylic acids is 1. The molecule has 0 unspecified atom stereocenters. The maximum Gasteiger partial charge on any atom is 0.224 e. The topological polar surface area (TPSA) is 71.0 Å². The Morgan fingerprint density at radius 3 is 2.70 bits per heavy atom. The summed E-state index contributed by atoms with van der Waals surface area (Å²) < 4.78 is 0. The van der Waals surface area contributed by atoms with Crippen LogP contribution in [0, 0.1) is 0 Å². The second kappa shape index (κ2) is 6.79. The summed E-state index contributed by atoms with van der Waals surface area (Å²) >= 11 is 0. The van der Waals surface area contributed by atoms with Crippen molar-refractivity contribution < 1.29 is 4.79 Å². The number of nitrogens with one attached hydrogen (secondary N) is 1. The molecule has 20 heavy (non-hydrogen) atoms. The van der Waals surface area contributed by atoms with E-state index in [0.29, 0.717) is 24.4 Å². The number of fused-ring (bicyclic) bond motifs is 1. The third-order valence-electron chi connectivity index (χ3n) is 3.09. The number of hydrogen-bond donors (Lipinski definition) is 1. The van der Waals surface area contributed by atoms with E-state index in [9.17, 15) is 4.79 Å². The number of anilines is 1. The summed E-state index contributed by atoms with van der Waals surface area (Å²) in [6.45, 7) is 6.03. The van der Waals surface area contributed by atoms with Gasteiger partial charge in [0.25, 0.3) is 0 Å². The van der Waals surface area contributed by atoms with Crippen molar-refractivity contribution >= 4 is 22.9 Å². The lowest BCUT2D eigenvalue weighted by Gasteiger charge is -2.18. The largest absolute Gasteiger partial charge is 0.369 e. The molecule has 6 heteroatoms. The van der Waals surface area contributed by atoms with Crippen LogP contribution in [-0.2, 0) is 4.79 Å². The fourth-order valence-corrected chi connectivity index (χ4v) is 1.98. The van der Waals surface area contributed by atoms with E-state index in [2.05, 4.69) is 20.3 Å². The van der Waals surface area contributed by atoms with Crippen LogP contribution in [0.3, 0.4) is 0 Å². The van der Waals surface area contributed by atoms with Gasteiger partial charge in [0.15, 0.2) is 5.65 Å². The molecular weight excluding hydrogens is 254 g/mol. The molecule has 2 aromatic heterocycles. The molecule has 0 radical (unpaired) electrons. The minimum atomic E-state index is 0.156. The molecule has 0 aliphatic carbocycles. The molecule has 0 aliphatic heterocycles. The zero-order valence-corrected chi connectivity index (χ0v) is 11.8. The van der Waals surface area contributed by atoms with Gasteiger partial charge in [0.2, 0.25) is 5.91 Å². The Hall–Kier alpha value is -2.24. The Morgan fingerprint density at radius 2 is 1.95 bits per heavy atom. The number of rotatable bonds is 6. The summed E-state index contributed by atoms with van der Waals surface area (Å²) in [6, 6.07) is 3.71. The lowest BCUT2D eigenvalue weighted by Crippen LogP contribution is -2.31. The highest BCUT2D eigenvalue weighted by Crippen LogP contribution is 2.10. The van der Waals surface area contributed by atoms with Gasteiger partial charge in [-0.15, -0.1) is 0 Å². The first-order chi connectivity index (χ1) is 9.74. The standard InChI is InChI=1S/C14H19N5O/c1-3-19(4-2)13(20)7-8-16-12-6-5-11-14(18-12)17-10-9-15-11/h5-6,9-10H,3-4,7-8H2,1-2H3,(H,16,17,18). The molecule has 0 saturated carbocycles. The second-order valence-corrected chi connectivity index (χ2v) is 4.34. The molecular formula is C14H19N5O. The van der Waals surface area contributed by atoms with Gasteiger partial charge in [-0.1, -0.05) is 0 Å². The van der Waals surface area contributed by atoms with Crippen molar-refractivity contribution in [2.75, 3.05) is 25.0 Å². The third kappa shape index (κ3) is 3.40.